The Kier molecular flexibility index (Phi) is 33.3. The maximum absolute atomic E-state index is 13.5. The number of hydrogen-bond donors (Lipinski definition) is 20. The molecule has 0 saturated heterocycles. The van der Waals surface area contributed by atoms with Crippen LogP contribution < -0.4 is 75.1 Å². The Bertz CT molecular complexity index is 5420. The summed E-state index contributed by atoms with van der Waals surface area (Å²) >= 11 is 40.2. The molecule has 48 heteroatoms. The number of nitrogens with one attached hydrogen (secondary N) is 14. The lowest BCUT2D eigenvalue weighted by Crippen LogP contribution is -2.54. The number of benzene rings is 8. The number of phenols is 2. The first kappa shape index (κ1) is 92.7. The van der Waals surface area contributed by atoms with Gasteiger partial charge in [0.2, 0.25) is 0 Å². The zero-order valence-electron chi connectivity index (χ0n) is 59.3. The number of carbonyl (C=O) groups excluding carboxylic acids is 4. The molecule has 616 valence electrons. The van der Waals surface area contributed by atoms with Gasteiger partial charge in [-0.25, -0.2) is 10.9 Å². The van der Waals surface area contributed by atoms with Gasteiger partial charge in [-0.15, -0.1) is 0 Å². The quantitative estimate of drug-likeness (QED) is 0.00378. The van der Waals surface area contributed by atoms with E-state index in [0.717, 1.165) is 54.1 Å². The highest BCUT2D eigenvalue weighted by atomic mass is 79.9. The Labute approximate surface area is 728 Å². The molecule has 0 radical (unpaired) electrons. The SMILES string of the molecule is Cc1ccc(NC(C(=O)N/N=C/c2cc(Br)c(O)c(Br)c2)C(=O)NNC(=S)Nc2ccc(/C=C/c3ccc(NC(=S)NCCOCCNC(=S)Nc4ccc(/C=C/c5ccc(NC(=S)NNC(=O)C(Nc6ccc(Cl)cc6)C(=O)N/N=C/c6cc(Br)c(O)c(Br)c6)cc5S(=O)(=O)O)c(S(=O)(=O)O)c4)cc3S(=O)(=O)O)c(S(=O)(=O)O)c2)cc1. The van der Waals surface area contributed by atoms with Gasteiger partial charge < -0.3 is 57.5 Å². The average Bonchev–Trinajstić information content (AvgIpc) is 0.804. The molecule has 0 spiro atoms. The molecule has 8 aromatic carbocycles. The van der Waals surface area contributed by atoms with Crippen LogP contribution in [-0.2, 0) is 64.4 Å². The molecule has 4 amide bonds. The summed E-state index contributed by atoms with van der Waals surface area (Å²) in [4.78, 5) is 51.1. The molecule has 0 heterocycles. The second kappa shape index (κ2) is 42.1. The normalized spacial score (nSPS) is 12.3. The van der Waals surface area contributed by atoms with Gasteiger partial charge >= 0.3 is 0 Å². The lowest BCUT2D eigenvalue weighted by atomic mass is 10.1. The molecule has 2 atom stereocenters. The van der Waals surface area contributed by atoms with Crippen molar-refractivity contribution < 1.29 is 86.0 Å². The number of hydrogen-bond acceptors (Lipinski definition) is 23. The van der Waals surface area contributed by atoms with Crippen LogP contribution in [0.1, 0.15) is 38.9 Å². The van der Waals surface area contributed by atoms with Crippen molar-refractivity contribution in [1.29, 1.82) is 0 Å². The minimum absolute atomic E-state index is 0.00582. The highest BCUT2D eigenvalue weighted by Crippen LogP contribution is 2.35. The summed E-state index contributed by atoms with van der Waals surface area (Å²) in [5.74, 6) is -3.92. The molecule has 0 aliphatic rings. The van der Waals surface area contributed by atoms with E-state index in [0.29, 0.717) is 45.4 Å². The van der Waals surface area contributed by atoms with Crippen LogP contribution in [-0.4, -0.2) is 157 Å². The van der Waals surface area contributed by atoms with Crippen molar-refractivity contribution in [2.45, 2.75) is 38.6 Å². The third kappa shape index (κ3) is 28.8. The minimum Gasteiger partial charge on any atom is -0.506 e. The molecule has 117 heavy (non-hydrogen) atoms. The molecule has 0 fully saturated rings. The van der Waals surface area contributed by atoms with Crippen molar-refractivity contribution in [1.82, 2.24) is 43.2 Å². The number of hydrazine groups is 2. The van der Waals surface area contributed by atoms with Gasteiger partial charge in [0, 0.05) is 52.2 Å². The molecule has 8 aromatic rings. The van der Waals surface area contributed by atoms with E-state index in [-0.39, 0.29) is 103 Å². The van der Waals surface area contributed by atoms with Crippen molar-refractivity contribution in [3.05, 3.63) is 207 Å². The standard InChI is InChI=1S/C69H63Br4ClN16O19S8/c1-36-2-14-44(15-3-36)79-58(62(93)85-77-34-37-26-50(70)60(91)51(71)27-37)64(95)87-89-68(112)83-48-18-10-41(56(32-48)116(103,104)105)6-4-39-8-16-46(30-54(39)114(97,98)99)81-66(110)75-22-24-109-25-23-76-67(111)82-47-17-9-40(55(31-47)115(100,101)102)5-7-42-11-19-49(33-57(42)117(106,107)108)84-69(113)90-88-65(96)59(80-45-20-12-43(74)13-21-45)63(94)86-78-35-38-28-52(72)61(92)53(73)29-38/h2-21,26-35,58-59,79-80,91-92H,22-25H2,1H3,(H,85,93)(H,86,94)(H,87,95)(H,88,96)(H2,75,81,110)(H2,76,82,111)(H2,83,89,112)(H2,84,90,113)(H,97,98,99)(H,100,101,102)(H,103,104,105)(H,106,107,108)/b6-4+,7-5+,77-34+,78-35+. The Morgan fingerprint density at radius 2 is 0.701 bits per heavy atom. The summed E-state index contributed by atoms with van der Waals surface area (Å²) in [6.45, 7) is 2.19. The summed E-state index contributed by atoms with van der Waals surface area (Å²) in [6.07, 6.45) is 7.11. The fourth-order valence-corrected chi connectivity index (χ4v) is 15.9. The number of halogens is 5. The molecule has 2 unspecified atom stereocenters. The number of amides is 4. The molecular weight excluding hydrogens is 1970 g/mol. The number of thiocarbonyl (C=S) groups is 4. The van der Waals surface area contributed by atoms with Crippen LogP contribution >= 0.6 is 124 Å². The third-order valence-electron chi connectivity index (χ3n) is 15.2. The van der Waals surface area contributed by atoms with Crippen LogP contribution in [0, 0.1) is 6.92 Å². The van der Waals surface area contributed by atoms with Crippen molar-refractivity contribution in [3.63, 3.8) is 0 Å². The zero-order valence-corrected chi connectivity index (χ0v) is 73.0. The van der Waals surface area contributed by atoms with Crippen LogP contribution in [0.4, 0.5) is 34.1 Å². The van der Waals surface area contributed by atoms with Gasteiger partial charge in [-0.3, -0.25) is 59.1 Å². The van der Waals surface area contributed by atoms with E-state index in [9.17, 15) is 81.3 Å². The maximum Gasteiger partial charge on any atom is 0.295 e. The largest absolute Gasteiger partial charge is 0.506 e. The number of anilines is 6. The van der Waals surface area contributed by atoms with Gasteiger partial charge in [-0.2, -0.15) is 43.9 Å². The second-order valence-electron chi connectivity index (χ2n) is 23.8. The topological polar surface area (TPSA) is 529 Å². The predicted molar refractivity (Wildman–Crippen MR) is 473 cm³/mol. The van der Waals surface area contributed by atoms with Gasteiger partial charge in [0.25, 0.3) is 64.1 Å². The Hall–Kier alpha value is -9.77. The maximum atomic E-state index is 13.5. The van der Waals surface area contributed by atoms with E-state index in [1.54, 1.807) is 24.3 Å². The Morgan fingerprint density at radius 3 is 1.00 bits per heavy atom. The van der Waals surface area contributed by atoms with Crippen LogP contribution in [0.5, 0.6) is 11.5 Å². The van der Waals surface area contributed by atoms with E-state index >= 15 is 0 Å². The number of phenolic OH excluding ortho intramolecular Hbond substituents is 2. The Balaban J connectivity index is 0.789. The van der Waals surface area contributed by atoms with Gasteiger partial charge in [-0.05, 0) is 262 Å². The first-order valence-corrected chi connectivity index (χ1v) is 43.6. The first-order valence-electron chi connectivity index (χ1n) is 32.7. The molecule has 0 aliphatic heterocycles. The fraction of sp³-hybridized carbons (Fsp3) is 0.101. The number of nitrogens with zero attached hydrogens (tertiary/aromatic N) is 2. The molecule has 0 saturated carbocycles. The molecule has 35 nitrogen and oxygen atoms in total. The Morgan fingerprint density at radius 1 is 0.419 bits per heavy atom. The fourth-order valence-electron chi connectivity index (χ4n) is 9.70. The van der Waals surface area contributed by atoms with Crippen LogP contribution in [0.3, 0.4) is 0 Å². The highest BCUT2D eigenvalue weighted by Gasteiger charge is 2.30. The summed E-state index contributed by atoms with van der Waals surface area (Å²) in [5, 5.41) is 49.7. The lowest BCUT2D eigenvalue weighted by Gasteiger charge is -2.19. The second-order valence-corrected chi connectivity index (χ2v) is 34.8. The van der Waals surface area contributed by atoms with Crippen LogP contribution in [0.15, 0.2) is 193 Å². The minimum atomic E-state index is -5.02. The van der Waals surface area contributed by atoms with Crippen molar-refractivity contribution in [3.8, 4) is 11.5 Å². The summed E-state index contributed by atoms with van der Waals surface area (Å²) in [5.41, 5.74) is 15.9. The van der Waals surface area contributed by atoms with E-state index in [2.05, 4.69) is 149 Å². The van der Waals surface area contributed by atoms with Crippen molar-refractivity contribution in [2.24, 2.45) is 10.2 Å². The summed E-state index contributed by atoms with van der Waals surface area (Å²) < 4.78 is 150. The van der Waals surface area contributed by atoms with Gasteiger partial charge in [0.15, 0.2) is 32.5 Å². The number of hydrazone groups is 2. The van der Waals surface area contributed by atoms with E-state index in [4.69, 9.17) is 65.2 Å². The monoisotopic (exact) mass is 2030 g/mol. The number of aromatic hydroxyl groups is 2. The lowest BCUT2D eigenvalue weighted by molar-refractivity contribution is -0.132. The summed E-state index contributed by atoms with van der Waals surface area (Å²) in [7, 11) is -20.0. The van der Waals surface area contributed by atoms with Gasteiger partial charge in [0.05, 0.1) is 43.5 Å². The molecule has 0 bridgehead atoms. The summed E-state index contributed by atoms with van der Waals surface area (Å²) in [6, 6.07) is 30.0. The number of aryl methyl sites for hydroxylation is 1. The number of rotatable bonds is 30. The smallest absolute Gasteiger partial charge is 0.295 e. The third-order valence-corrected chi connectivity index (χ3v) is 22.4. The molecule has 0 aromatic heterocycles. The molecule has 0 aliphatic carbocycles. The first-order chi connectivity index (χ1) is 55.1. The highest BCUT2D eigenvalue weighted by molar-refractivity contribution is 9.11. The van der Waals surface area contributed by atoms with Crippen molar-refractivity contribution in [2.75, 3.05) is 58.2 Å². The zero-order chi connectivity index (χ0) is 85.7. The van der Waals surface area contributed by atoms with E-state index in [1.807, 2.05) is 6.92 Å². The average molecular weight is 2030 g/mol. The van der Waals surface area contributed by atoms with Crippen LogP contribution in [0.25, 0.3) is 24.3 Å². The molecule has 8 rings (SSSR count). The number of carbonyl (C=O) groups is 4. The van der Waals surface area contributed by atoms with Gasteiger partial charge in [0.1, 0.15) is 31.1 Å². The predicted octanol–water partition coefficient (Wildman–Crippen LogP) is 9.62. The van der Waals surface area contributed by atoms with Crippen LogP contribution in [0.2, 0.25) is 5.02 Å². The molecular formula is C69H63Br4ClN16O19S8. The molecule has 20 N–H and O–H groups in total. The van der Waals surface area contributed by atoms with E-state index < -0.39 is 95.8 Å². The van der Waals surface area contributed by atoms with Gasteiger partial charge in [-0.1, -0.05) is 77.9 Å². The number of ether oxygens (including phenoxy) is 1. The van der Waals surface area contributed by atoms with Crippen molar-refractivity contribution >= 4 is 280 Å². The van der Waals surface area contributed by atoms with E-state index in [1.165, 1.54) is 109 Å².